The summed E-state index contributed by atoms with van der Waals surface area (Å²) in [6.07, 6.45) is 1.96. The normalized spacial score (nSPS) is 14.5. The molecule has 0 N–H and O–H groups in total. The molecule has 1 fully saturated rings. The fourth-order valence-corrected chi connectivity index (χ4v) is 2.85. The lowest BCUT2D eigenvalue weighted by Crippen LogP contribution is -2.49. The number of nitro groups is 1. The summed E-state index contributed by atoms with van der Waals surface area (Å²) < 4.78 is 0. The molecule has 0 spiro atoms. The first kappa shape index (κ1) is 15.9. The molecule has 1 amide bonds. The first-order valence-electron chi connectivity index (χ1n) is 7.81. The number of hydrogen-bond donors (Lipinski definition) is 0. The van der Waals surface area contributed by atoms with Crippen molar-refractivity contribution in [2.45, 2.75) is 6.42 Å². The van der Waals surface area contributed by atoms with Crippen molar-refractivity contribution >= 4 is 17.3 Å². The highest BCUT2D eigenvalue weighted by Crippen LogP contribution is 2.28. The van der Waals surface area contributed by atoms with E-state index in [2.05, 4.69) is 4.98 Å². The van der Waals surface area contributed by atoms with Crippen LogP contribution in [-0.4, -0.2) is 46.9 Å². The maximum absolute atomic E-state index is 12.3. The third-order valence-electron chi connectivity index (χ3n) is 4.11. The van der Waals surface area contributed by atoms with Crippen LogP contribution in [-0.2, 0) is 11.2 Å². The Labute approximate surface area is 139 Å². The lowest BCUT2D eigenvalue weighted by atomic mass is 10.2. The van der Waals surface area contributed by atoms with Gasteiger partial charge in [0.1, 0.15) is 5.69 Å². The van der Waals surface area contributed by atoms with Crippen LogP contribution in [0.1, 0.15) is 5.69 Å². The summed E-state index contributed by atoms with van der Waals surface area (Å²) in [6, 6.07) is 12.2. The Kier molecular flexibility index (Phi) is 4.69. The van der Waals surface area contributed by atoms with Gasteiger partial charge in [-0.3, -0.25) is 19.9 Å². The summed E-state index contributed by atoms with van der Waals surface area (Å²) in [5.74, 6) is 0.0379. The van der Waals surface area contributed by atoms with Crippen molar-refractivity contribution in [2.24, 2.45) is 0 Å². The van der Waals surface area contributed by atoms with Crippen LogP contribution in [0, 0.1) is 10.1 Å². The maximum Gasteiger partial charge on any atom is 0.292 e. The number of piperazine rings is 1. The van der Waals surface area contributed by atoms with Gasteiger partial charge in [-0.25, -0.2) is 0 Å². The van der Waals surface area contributed by atoms with Crippen molar-refractivity contribution < 1.29 is 9.72 Å². The average Bonchev–Trinajstić information content (AvgIpc) is 2.62. The number of carbonyl (C=O) groups excluding carboxylic acids is 1. The number of nitro benzene ring substituents is 1. The van der Waals surface area contributed by atoms with Crippen LogP contribution in [0.25, 0.3) is 0 Å². The van der Waals surface area contributed by atoms with Gasteiger partial charge in [-0.1, -0.05) is 18.2 Å². The van der Waals surface area contributed by atoms with Gasteiger partial charge in [0.05, 0.1) is 11.3 Å². The van der Waals surface area contributed by atoms with E-state index in [1.165, 1.54) is 6.07 Å². The van der Waals surface area contributed by atoms with Crippen LogP contribution < -0.4 is 4.90 Å². The molecule has 1 saturated heterocycles. The third-order valence-corrected chi connectivity index (χ3v) is 4.11. The molecule has 24 heavy (non-hydrogen) atoms. The molecule has 0 atom stereocenters. The van der Waals surface area contributed by atoms with Crippen molar-refractivity contribution in [2.75, 3.05) is 31.1 Å². The second-order valence-electron chi connectivity index (χ2n) is 5.61. The highest BCUT2D eigenvalue weighted by molar-refractivity contribution is 5.78. The Morgan fingerprint density at radius 2 is 1.79 bits per heavy atom. The molecule has 0 radical (unpaired) electrons. The minimum Gasteiger partial charge on any atom is -0.362 e. The van der Waals surface area contributed by atoms with Gasteiger partial charge in [0.15, 0.2) is 0 Å². The Balaban J connectivity index is 1.62. The number of rotatable bonds is 4. The largest absolute Gasteiger partial charge is 0.362 e. The number of pyridine rings is 1. The molecule has 2 aromatic rings. The van der Waals surface area contributed by atoms with Crippen molar-refractivity contribution in [3.05, 3.63) is 64.5 Å². The van der Waals surface area contributed by atoms with Crippen molar-refractivity contribution in [3.8, 4) is 0 Å². The second kappa shape index (κ2) is 7.08. The molecule has 1 aliphatic rings. The number of aromatic nitrogens is 1. The third kappa shape index (κ3) is 3.51. The van der Waals surface area contributed by atoms with E-state index >= 15 is 0 Å². The monoisotopic (exact) mass is 326 g/mol. The number of hydrogen-bond acceptors (Lipinski definition) is 5. The summed E-state index contributed by atoms with van der Waals surface area (Å²) in [5.41, 5.74) is 1.47. The first-order chi connectivity index (χ1) is 11.6. The average molecular weight is 326 g/mol. The van der Waals surface area contributed by atoms with Crippen LogP contribution >= 0.6 is 0 Å². The van der Waals surface area contributed by atoms with Crippen molar-refractivity contribution in [1.82, 2.24) is 9.88 Å². The summed E-state index contributed by atoms with van der Waals surface area (Å²) in [6.45, 7) is 2.27. The second-order valence-corrected chi connectivity index (χ2v) is 5.61. The van der Waals surface area contributed by atoms with E-state index in [1.54, 1.807) is 29.3 Å². The summed E-state index contributed by atoms with van der Waals surface area (Å²) in [4.78, 5) is 31.1. The van der Waals surface area contributed by atoms with Gasteiger partial charge in [0.2, 0.25) is 5.91 Å². The minimum absolute atomic E-state index is 0.0379. The summed E-state index contributed by atoms with van der Waals surface area (Å²) in [5, 5.41) is 11.1. The number of anilines is 1. The smallest absolute Gasteiger partial charge is 0.292 e. The SMILES string of the molecule is O=C(Cc1ccccn1)N1CCN(c2ccccc2[N+](=O)[O-])CC1. The van der Waals surface area contributed by atoms with Crippen molar-refractivity contribution in [3.63, 3.8) is 0 Å². The van der Waals surface area contributed by atoms with Gasteiger partial charge < -0.3 is 9.80 Å². The molecule has 0 aliphatic carbocycles. The van der Waals surface area contributed by atoms with Gasteiger partial charge in [-0.15, -0.1) is 0 Å². The number of carbonyl (C=O) groups is 1. The predicted molar refractivity (Wildman–Crippen MR) is 89.8 cm³/mol. The molecule has 124 valence electrons. The van der Waals surface area contributed by atoms with E-state index in [9.17, 15) is 14.9 Å². The summed E-state index contributed by atoms with van der Waals surface area (Å²) >= 11 is 0. The zero-order valence-corrected chi connectivity index (χ0v) is 13.2. The molecule has 3 rings (SSSR count). The van der Waals surface area contributed by atoms with Crippen molar-refractivity contribution in [1.29, 1.82) is 0 Å². The van der Waals surface area contributed by atoms with Gasteiger partial charge >= 0.3 is 0 Å². The Hall–Kier alpha value is -2.96. The lowest BCUT2D eigenvalue weighted by molar-refractivity contribution is -0.384. The number of benzene rings is 1. The van der Waals surface area contributed by atoms with Crippen LogP contribution in [0.2, 0.25) is 0 Å². The first-order valence-corrected chi connectivity index (χ1v) is 7.81. The standard InChI is InChI=1S/C17H18N4O3/c22-17(13-14-5-3-4-8-18-14)20-11-9-19(10-12-20)15-6-1-2-7-16(15)21(23)24/h1-8H,9-13H2. The number of nitrogens with zero attached hydrogens (tertiary/aromatic N) is 4. The van der Waals surface area contributed by atoms with E-state index in [0.717, 1.165) is 5.69 Å². The molecule has 7 nitrogen and oxygen atoms in total. The van der Waals surface area contributed by atoms with E-state index in [0.29, 0.717) is 31.9 Å². The molecule has 0 bridgehead atoms. The van der Waals surface area contributed by atoms with Crippen LogP contribution in [0.15, 0.2) is 48.7 Å². The Morgan fingerprint density at radius 1 is 1.08 bits per heavy atom. The molecular weight excluding hydrogens is 308 g/mol. The molecule has 1 aromatic heterocycles. The van der Waals surface area contributed by atoms with Crippen LogP contribution in [0.4, 0.5) is 11.4 Å². The zero-order valence-electron chi connectivity index (χ0n) is 13.2. The van der Waals surface area contributed by atoms with Gasteiger partial charge in [0.25, 0.3) is 5.69 Å². The van der Waals surface area contributed by atoms with Gasteiger partial charge in [-0.05, 0) is 18.2 Å². The summed E-state index contributed by atoms with van der Waals surface area (Å²) in [7, 11) is 0. The van der Waals surface area contributed by atoms with E-state index in [1.807, 2.05) is 23.1 Å². The van der Waals surface area contributed by atoms with Crippen LogP contribution in [0.5, 0.6) is 0 Å². The minimum atomic E-state index is -0.367. The Morgan fingerprint density at radius 3 is 2.46 bits per heavy atom. The topological polar surface area (TPSA) is 79.6 Å². The fraction of sp³-hybridized carbons (Fsp3) is 0.294. The number of para-hydroxylation sites is 2. The number of amides is 1. The molecule has 0 saturated carbocycles. The zero-order chi connectivity index (χ0) is 16.9. The van der Waals surface area contributed by atoms with E-state index < -0.39 is 0 Å². The Bertz CT molecular complexity index is 728. The predicted octanol–water partition coefficient (Wildman–Crippen LogP) is 1.88. The highest BCUT2D eigenvalue weighted by Gasteiger charge is 2.25. The maximum atomic E-state index is 12.3. The highest BCUT2D eigenvalue weighted by atomic mass is 16.6. The van der Waals surface area contributed by atoms with E-state index in [-0.39, 0.29) is 22.9 Å². The molecular formula is C17H18N4O3. The van der Waals surface area contributed by atoms with Crippen LogP contribution in [0.3, 0.4) is 0 Å². The molecule has 1 aromatic carbocycles. The quantitative estimate of drug-likeness (QED) is 0.633. The van der Waals surface area contributed by atoms with Gasteiger partial charge in [-0.2, -0.15) is 0 Å². The molecule has 1 aliphatic heterocycles. The fourth-order valence-electron chi connectivity index (χ4n) is 2.85. The van der Waals surface area contributed by atoms with E-state index in [4.69, 9.17) is 0 Å². The molecule has 7 heteroatoms. The molecule has 0 unspecified atom stereocenters. The van der Waals surface area contributed by atoms with Gasteiger partial charge in [0, 0.05) is 44.1 Å². The molecule has 2 heterocycles. The lowest BCUT2D eigenvalue weighted by Gasteiger charge is -2.35.